The van der Waals surface area contributed by atoms with E-state index in [0.717, 1.165) is 19.5 Å². The molecule has 19 heavy (non-hydrogen) atoms. The molecule has 1 fully saturated rings. The van der Waals surface area contributed by atoms with Crippen LogP contribution in [0.1, 0.15) is 30.9 Å². The molecule has 1 heterocycles. The number of rotatable bonds is 5. The van der Waals surface area contributed by atoms with Gasteiger partial charge in [0, 0.05) is 18.6 Å². The van der Waals surface area contributed by atoms with Crippen molar-refractivity contribution in [1.82, 2.24) is 9.80 Å². The predicted octanol–water partition coefficient (Wildman–Crippen LogP) is 2.10. The van der Waals surface area contributed by atoms with Gasteiger partial charge in [-0.2, -0.15) is 0 Å². The second-order valence-corrected chi connectivity index (χ2v) is 5.76. The van der Waals surface area contributed by atoms with Crippen LogP contribution in [0.3, 0.4) is 0 Å². The maximum Gasteiger partial charge on any atom is 0.0360 e. The summed E-state index contributed by atoms with van der Waals surface area (Å²) >= 11 is 0. The first-order valence-corrected chi connectivity index (χ1v) is 7.38. The first-order chi connectivity index (χ1) is 9.22. The molecule has 0 bridgehead atoms. The van der Waals surface area contributed by atoms with Crippen molar-refractivity contribution in [2.75, 3.05) is 33.7 Å². The van der Waals surface area contributed by atoms with Crippen molar-refractivity contribution in [2.45, 2.75) is 31.3 Å². The normalized spacial score (nSPS) is 22.6. The summed E-state index contributed by atoms with van der Waals surface area (Å²) in [6, 6.07) is 12.0. The van der Waals surface area contributed by atoms with Crippen molar-refractivity contribution in [3.63, 3.8) is 0 Å². The van der Waals surface area contributed by atoms with Gasteiger partial charge in [0.05, 0.1) is 0 Å². The van der Waals surface area contributed by atoms with Crippen molar-refractivity contribution in [3.05, 3.63) is 35.9 Å². The van der Waals surface area contributed by atoms with E-state index in [1.807, 2.05) is 0 Å². The lowest BCUT2D eigenvalue weighted by molar-refractivity contribution is 0.0925. The van der Waals surface area contributed by atoms with Gasteiger partial charge in [0.1, 0.15) is 0 Å². The predicted molar refractivity (Wildman–Crippen MR) is 81.1 cm³/mol. The van der Waals surface area contributed by atoms with Crippen molar-refractivity contribution >= 4 is 0 Å². The summed E-state index contributed by atoms with van der Waals surface area (Å²) in [5, 5.41) is 0. The summed E-state index contributed by atoms with van der Waals surface area (Å²) in [5.74, 6) is 0. The van der Waals surface area contributed by atoms with E-state index in [1.165, 1.54) is 24.9 Å². The molecule has 1 aliphatic heterocycles. The molecule has 1 aromatic rings. The smallest absolute Gasteiger partial charge is 0.0360 e. The maximum atomic E-state index is 5.83. The fourth-order valence-corrected chi connectivity index (χ4v) is 3.08. The van der Waals surface area contributed by atoms with Crippen LogP contribution in [0.25, 0.3) is 0 Å². The van der Waals surface area contributed by atoms with Crippen molar-refractivity contribution < 1.29 is 0 Å². The lowest BCUT2D eigenvalue weighted by atomic mass is 9.97. The van der Waals surface area contributed by atoms with E-state index in [2.05, 4.69) is 54.2 Å². The quantitative estimate of drug-likeness (QED) is 0.881. The molecule has 0 aromatic heterocycles. The van der Waals surface area contributed by atoms with Crippen molar-refractivity contribution in [2.24, 2.45) is 5.73 Å². The molecule has 2 N–H and O–H groups in total. The average molecular weight is 261 g/mol. The van der Waals surface area contributed by atoms with Crippen LogP contribution >= 0.6 is 0 Å². The summed E-state index contributed by atoms with van der Waals surface area (Å²) in [6.07, 6.45) is 3.65. The Morgan fingerprint density at radius 1 is 1.32 bits per heavy atom. The number of likely N-dealkylation sites (tertiary alicyclic amines) is 1. The molecule has 106 valence electrons. The lowest BCUT2D eigenvalue weighted by Crippen LogP contribution is -2.46. The van der Waals surface area contributed by atoms with E-state index in [0.29, 0.717) is 12.1 Å². The van der Waals surface area contributed by atoms with Crippen LogP contribution < -0.4 is 5.73 Å². The Labute approximate surface area is 117 Å². The second kappa shape index (κ2) is 7.04. The van der Waals surface area contributed by atoms with E-state index in [1.54, 1.807) is 0 Å². The Morgan fingerprint density at radius 2 is 2.05 bits per heavy atom. The Kier molecular flexibility index (Phi) is 5.37. The maximum absolute atomic E-state index is 5.83. The minimum Gasteiger partial charge on any atom is -0.330 e. The Balaban J connectivity index is 2.10. The number of piperidine rings is 1. The molecule has 2 rings (SSSR count). The molecule has 3 nitrogen and oxygen atoms in total. The molecule has 2 unspecified atom stereocenters. The number of likely N-dealkylation sites (N-methyl/N-ethyl adjacent to an activating group) is 1. The minimum atomic E-state index is 0.481. The molecule has 3 heteroatoms. The Hall–Kier alpha value is -0.900. The molecule has 1 saturated heterocycles. The molecule has 0 radical (unpaired) electrons. The molecule has 0 spiro atoms. The van der Waals surface area contributed by atoms with Crippen LogP contribution in [0.4, 0.5) is 0 Å². The van der Waals surface area contributed by atoms with Gasteiger partial charge in [-0.3, -0.25) is 4.90 Å². The van der Waals surface area contributed by atoms with E-state index >= 15 is 0 Å². The highest BCUT2D eigenvalue weighted by atomic mass is 15.2. The lowest BCUT2D eigenvalue weighted by Gasteiger charge is -2.40. The highest BCUT2D eigenvalue weighted by Gasteiger charge is 2.27. The molecule has 1 aliphatic rings. The monoisotopic (exact) mass is 261 g/mol. The zero-order valence-corrected chi connectivity index (χ0v) is 12.3. The standard InChI is InChI=1S/C16H27N3/c1-18(2)15-9-6-12-19(13-15)16(10-11-17)14-7-4-3-5-8-14/h3-5,7-8,15-16H,6,9-13,17H2,1-2H3. The zero-order chi connectivity index (χ0) is 13.7. The van der Waals surface area contributed by atoms with Gasteiger partial charge < -0.3 is 10.6 Å². The number of hydrogen-bond donors (Lipinski definition) is 1. The highest BCUT2D eigenvalue weighted by molar-refractivity contribution is 5.19. The summed E-state index contributed by atoms with van der Waals surface area (Å²) in [5.41, 5.74) is 7.24. The number of nitrogens with zero attached hydrogens (tertiary/aromatic N) is 2. The van der Waals surface area contributed by atoms with Gasteiger partial charge in [-0.25, -0.2) is 0 Å². The van der Waals surface area contributed by atoms with Gasteiger partial charge in [-0.1, -0.05) is 30.3 Å². The molecular weight excluding hydrogens is 234 g/mol. The third-order valence-corrected chi connectivity index (χ3v) is 4.22. The third-order valence-electron chi connectivity index (χ3n) is 4.22. The molecular formula is C16H27N3. The van der Waals surface area contributed by atoms with Gasteiger partial charge in [0.15, 0.2) is 0 Å². The summed E-state index contributed by atoms with van der Waals surface area (Å²) in [6.45, 7) is 3.11. The largest absolute Gasteiger partial charge is 0.330 e. The van der Waals surface area contributed by atoms with E-state index in [4.69, 9.17) is 5.73 Å². The molecule has 1 aromatic carbocycles. The summed E-state index contributed by atoms with van der Waals surface area (Å²) in [4.78, 5) is 4.98. The molecule has 0 saturated carbocycles. The fourth-order valence-electron chi connectivity index (χ4n) is 3.08. The van der Waals surface area contributed by atoms with Crippen LogP contribution in [0.15, 0.2) is 30.3 Å². The number of benzene rings is 1. The van der Waals surface area contributed by atoms with Gasteiger partial charge in [-0.05, 0) is 52.0 Å². The molecule has 2 atom stereocenters. The Bertz CT molecular complexity index is 364. The highest BCUT2D eigenvalue weighted by Crippen LogP contribution is 2.28. The van der Waals surface area contributed by atoms with Crippen LogP contribution in [0.2, 0.25) is 0 Å². The van der Waals surface area contributed by atoms with E-state index < -0.39 is 0 Å². The van der Waals surface area contributed by atoms with Gasteiger partial charge in [0.2, 0.25) is 0 Å². The van der Waals surface area contributed by atoms with Crippen LogP contribution in [-0.4, -0.2) is 49.6 Å². The van der Waals surface area contributed by atoms with E-state index in [-0.39, 0.29) is 0 Å². The minimum absolute atomic E-state index is 0.481. The summed E-state index contributed by atoms with van der Waals surface area (Å²) < 4.78 is 0. The van der Waals surface area contributed by atoms with Crippen LogP contribution in [0, 0.1) is 0 Å². The third kappa shape index (κ3) is 3.78. The first kappa shape index (κ1) is 14.5. The number of nitrogens with two attached hydrogens (primary N) is 1. The van der Waals surface area contributed by atoms with E-state index in [9.17, 15) is 0 Å². The second-order valence-electron chi connectivity index (χ2n) is 5.76. The number of hydrogen-bond acceptors (Lipinski definition) is 3. The average Bonchev–Trinajstić information content (AvgIpc) is 2.46. The Morgan fingerprint density at radius 3 is 2.68 bits per heavy atom. The van der Waals surface area contributed by atoms with Crippen molar-refractivity contribution in [1.29, 1.82) is 0 Å². The fraction of sp³-hybridized carbons (Fsp3) is 0.625. The van der Waals surface area contributed by atoms with Gasteiger partial charge in [0.25, 0.3) is 0 Å². The van der Waals surface area contributed by atoms with Crippen LogP contribution in [0.5, 0.6) is 0 Å². The molecule has 0 aliphatic carbocycles. The van der Waals surface area contributed by atoms with Gasteiger partial charge in [-0.15, -0.1) is 0 Å². The zero-order valence-electron chi connectivity index (χ0n) is 12.3. The van der Waals surface area contributed by atoms with Crippen molar-refractivity contribution in [3.8, 4) is 0 Å². The summed E-state index contributed by atoms with van der Waals surface area (Å²) in [7, 11) is 4.38. The topological polar surface area (TPSA) is 32.5 Å². The van der Waals surface area contributed by atoms with Crippen LogP contribution in [-0.2, 0) is 0 Å². The SMILES string of the molecule is CN(C)C1CCCN(C(CCN)c2ccccc2)C1. The first-order valence-electron chi connectivity index (χ1n) is 7.38. The van der Waals surface area contributed by atoms with Gasteiger partial charge >= 0.3 is 0 Å². The molecule has 0 amide bonds.